The molecule has 0 aliphatic carbocycles. The van der Waals surface area contributed by atoms with Crippen molar-refractivity contribution >= 4 is 11.6 Å². The summed E-state index contributed by atoms with van der Waals surface area (Å²) in [6, 6.07) is 13.1. The summed E-state index contributed by atoms with van der Waals surface area (Å²) >= 11 is 0. The number of rotatable bonds is 4. The Morgan fingerprint density at radius 2 is 1.88 bits per heavy atom. The lowest BCUT2D eigenvalue weighted by atomic mass is 10.1. The lowest BCUT2D eigenvalue weighted by Crippen LogP contribution is -2.13. The van der Waals surface area contributed by atoms with Gasteiger partial charge in [0.1, 0.15) is 11.3 Å². The maximum absolute atomic E-state index is 12.6. The number of amides is 1. The quantitative estimate of drug-likeness (QED) is 0.781. The Labute approximate surface area is 140 Å². The molecular weight excluding hydrogens is 304 g/mol. The Kier molecular flexibility index (Phi) is 4.33. The first kappa shape index (κ1) is 15.8. The molecule has 0 aliphatic rings. The molecule has 1 N–H and O–H groups in total. The van der Waals surface area contributed by atoms with Crippen LogP contribution >= 0.6 is 0 Å². The average Bonchev–Trinajstić information content (AvgIpc) is 3.09. The first-order chi connectivity index (χ1) is 11.6. The Bertz CT molecular complexity index is 867. The van der Waals surface area contributed by atoms with Gasteiger partial charge in [0.05, 0.1) is 13.3 Å². The lowest BCUT2D eigenvalue weighted by Gasteiger charge is -2.10. The van der Waals surface area contributed by atoms with E-state index in [4.69, 9.17) is 9.26 Å². The lowest BCUT2D eigenvalue weighted by molar-refractivity contribution is 0.102. The zero-order chi connectivity index (χ0) is 17.1. The summed E-state index contributed by atoms with van der Waals surface area (Å²) in [5.74, 6) is 0.913. The second kappa shape index (κ2) is 6.58. The molecule has 5 nitrogen and oxygen atoms in total. The molecule has 0 unspecified atom stereocenters. The molecule has 0 aliphatic heterocycles. The zero-order valence-electron chi connectivity index (χ0n) is 13.8. The van der Waals surface area contributed by atoms with Crippen LogP contribution in [0, 0.1) is 13.8 Å². The second-order valence-corrected chi connectivity index (χ2v) is 5.50. The van der Waals surface area contributed by atoms with Crippen molar-refractivity contribution in [2.24, 2.45) is 0 Å². The Morgan fingerprint density at radius 3 is 2.58 bits per heavy atom. The largest absolute Gasteiger partial charge is 0.497 e. The molecule has 0 fully saturated rings. The molecule has 2 aromatic carbocycles. The first-order valence-corrected chi connectivity index (χ1v) is 7.57. The molecule has 0 atom stereocenters. The fourth-order valence-electron chi connectivity index (χ4n) is 2.43. The highest BCUT2D eigenvalue weighted by Crippen LogP contribution is 2.27. The van der Waals surface area contributed by atoms with Gasteiger partial charge in [0.15, 0.2) is 5.76 Å². The van der Waals surface area contributed by atoms with E-state index in [2.05, 4.69) is 10.5 Å². The summed E-state index contributed by atoms with van der Waals surface area (Å²) in [5.41, 5.74) is 4.09. The van der Waals surface area contributed by atoms with E-state index in [-0.39, 0.29) is 5.91 Å². The monoisotopic (exact) mass is 322 g/mol. The van der Waals surface area contributed by atoms with Gasteiger partial charge in [0.25, 0.3) is 5.91 Å². The summed E-state index contributed by atoms with van der Waals surface area (Å²) in [4.78, 5) is 12.6. The SMILES string of the molecule is COc1ccc(-c2oncc2C(=O)Nc2cccc(C)c2C)cc1. The molecule has 0 spiro atoms. The van der Waals surface area contributed by atoms with E-state index in [0.29, 0.717) is 11.3 Å². The molecule has 3 aromatic rings. The smallest absolute Gasteiger partial charge is 0.261 e. The number of ether oxygens (including phenoxy) is 1. The van der Waals surface area contributed by atoms with Gasteiger partial charge in [-0.15, -0.1) is 0 Å². The van der Waals surface area contributed by atoms with Crippen LogP contribution in [0.5, 0.6) is 5.75 Å². The van der Waals surface area contributed by atoms with Crippen molar-refractivity contribution in [3.05, 3.63) is 65.4 Å². The van der Waals surface area contributed by atoms with E-state index in [1.54, 1.807) is 7.11 Å². The maximum Gasteiger partial charge on any atom is 0.261 e. The highest BCUT2D eigenvalue weighted by molar-refractivity contribution is 6.08. The Hall–Kier alpha value is -3.08. The molecule has 0 saturated carbocycles. The summed E-state index contributed by atoms with van der Waals surface area (Å²) in [6.07, 6.45) is 1.43. The van der Waals surface area contributed by atoms with Crippen molar-refractivity contribution in [1.82, 2.24) is 5.16 Å². The van der Waals surface area contributed by atoms with Gasteiger partial charge < -0.3 is 14.6 Å². The summed E-state index contributed by atoms with van der Waals surface area (Å²) in [5, 5.41) is 6.70. The minimum absolute atomic E-state index is 0.254. The summed E-state index contributed by atoms with van der Waals surface area (Å²) in [7, 11) is 1.60. The Morgan fingerprint density at radius 1 is 1.12 bits per heavy atom. The average molecular weight is 322 g/mol. The Balaban J connectivity index is 1.89. The van der Waals surface area contributed by atoms with Crippen LogP contribution in [-0.2, 0) is 0 Å². The third kappa shape index (κ3) is 3.01. The van der Waals surface area contributed by atoms with Crippen molar-refractivity contribution in [3.63, 3.8) is 0 Å². The van der Waals surface area contributed by atoms with Crippen molar-refractivity contribution in [1.29, 1.82) is 0 Å². The van der Waals surface area contributed by atoms with Crippen LogP contribution < -0.4 is 10.1 Å². The number of nitrogens with zero attached hydrogens (tertiary/aromatic N) is 1. The van der Waals surface area contributed by atoms with Crippen LogP contribution in [-0.4, -0.2) is 18.2 Å². The van der Waals surface area contributed by atoms with Crippen LogP contribution in [0.3, 0.4) is 0 Å². The van der Waals surface area contributed by atoms with Gasteiger partial charge in [0.2, 0.25) is 0 Å². The van der Waals surface area contributed by atoms with E-state index in [9.17, 15) is 4.79 Å². The van der Waals surface area contributed by atoms with Crippen molar-refractivity contribution < 1.29 is 14.1 Å². The van der Waals surface area contributed by atoms with Crippen LogP contribution in [0.1, 0.15) is 21.5 Å². The van der Waals surface area contributed by atoms with Gasteiger partial charge in [-0.2, -0.15) is 0 Å². The molecular formula is C19H18N2O3. The maximum atomic E-state index is 12.6. The number of methoxy groups -OCH3 is 1. The van der Waals surface area contributed by atoms with Crippen LogP contribution in [0.2, 0.25) is 0 Å². The number of carbonyl (C=O) groups excluding carboxylic acids is 1. The van der Waals surface area contributed by atoms with Gasteiger partial charge in [-0.1, -0.05) is 17.3 Å². The van der Waals surface area contributed by atoms with Gasteiger partial charge >= 0.3 is 0 Å². The summed E-state index contributed by atoms with van der Waals surface area (Å²) < 4.78 is 10.4. The number of benzene rings is 2. The predicted octanol–water partition coefficient (Wildman–Crippen LogP) is 4.22. The summed E-state index contributed by atoms with van der Waals surface area (Å²) in [6.45, 7) is 3.98. The molecule has 3 rings (SSSR count). The van der Waals surface area contributed by atoms with E-state index in [1.807, 2.05) is 56.3 Å². The van der Waals surface area contributed by atoms with Gasteiger partial charge in [0, 0.05) is 11.3 Å². The number of carbonyl (C=O) groups is 1. The standard InChI is InChI=1S/C19H18N2O3/c1-12-5-4-6-17(13(12)2)21-19(22)16-11-20-24-18(16)14-7-9-15(23-3)10-8-14/h4-11H,1-3H3,(H,21,22). The minimum atomic E-state index is -0.254. The predicted molar refractivity (Wildman–Crippen MR) is 92.4 cm³/mol. The van der Waals surface area contributed by atoms with E-state index >= 15 is 0 Å². The number of aryl methyl sites for hydroxylation is 1. The van der Waals surface area contributed by atoms with E-state index in [1.165, 1.54) is 6.20 Å². The van der Waals surface area contributed by atoms with Crippen LogP contribution in [0.4, 0.5) is 5.69 Å². The first-order valence-electron chi connectivity index (χ1n) is 7.57. The van der Waals surface area contributed by atoms with Crippen LogP contribution in [0.15, 0.2) is 53.2 Å². The number of nitrogens with one attached hydrogen (secondary N) is 1. The fourth-order valence-corrected chi connectivity index (χ4v) is 2.43. The fraction of sp³-hybridized carbons (Fsp3) is 0.158. The van der Waals surface area contributed by atoms with Crippen molar-refractivity contribution in [2.45, 2.75) is 13.8 Å². The van der Waals surface area contributed by atoms with Gasteiger partial charge in [-0.3, -0.25) is 4.79 Å². The molecule has 1 aromatic heterocycles. The van der Waals surface area contributed by atoms with Gasteiger partial charge in [-0.25, -0.2) is 0 Å². The number of hydrogen-bond donors (Lipinski definition) is 1. The highest BCUT2D eigenvalue weighted by Gasteiger charge is 2.18. The number of anilines is 1. The second-order valence-electron chi connectivity index (χ2n) is 5.50. The van der Waals surface area contributed by atoms with E-state index in [0.717, 1.165) is 28.1 Å². The molecule has 0 radical (unpaired) electrons. The normalized spacial score (nSPS) is 10.5. The molecule has 1 heterocycles. The third-order valence-corrected chi connectivity index (χ3v) is 4.02. The minimum Gasteiger partial charge on any atom is -0.497 e. The third-order valence-electron chi connectivity index (χ3n) is 4.02. The number of aromatic nitrogens is 1. The van der Waals surface area contributed by atoms with Gasteiger partial charge in [-0.05, 0) is 55.3 Å². The van der Waals surface area contributed by atoms with E-state index < -0.39 is 0 Å². The number of hydrogen-bond acceptors (Lipinski definition) is 4. The van der Waals surface area contributed by atoms with Crippen LogP contribution in [0.25, 0.3) is 11.3 Å². The van der Waals surface area contributed by atoms with Crippen molar-refractivity contribution in [3.8, 4) is 17.1 Å². The molecule has 24 heavy (non-hydrogen) atoms. The molecule has 122 valence electrons. The molecule has 5 heteroatoms. The molecule has 0 saturated heterocycles. The highest BCUT2D eigenvalue weighted by atomic mass is 16.5. The van der Waals surface area contributed by atoms with Crippen molar-refractivity contribution in [2.75, 3.05) is 12.4 Å². The molecule has 1 amide bonds. The zero-order valence-corrected chi connectivity index (χ0v) is 13.8. The molecule has 0 bridgehead atoms. The topological polar surface area (TPSA) is 64.4 Å².